The Morgan fingerprint density at radius 1 is 1.64 bits per heavy atom. The van der Waals surface area contributed by atoms with E-state index in [1.807, 2.05) is 6.07 Å². The molecule has 0 radical (unpaired) electrons. The van der Waals surface area contributed by atoms with Gasteiger partial charge in [-0.2, -0.15) is 0 Å². The fourth-order valence-electron chi connectivity index (χ4n) is 1.43. The maximum Gasteiger partial charge on any atom is 0.282 e. The maximum absolute atomic E-state index is 11.3. The lowest BCUT2D eigenvalue weighted by molar-refractivity contribution is 0.223. The summed E-state index contributed by atoms with van der Waals surface area (Å²) in [5.74, 6) is 1.68. The van der Waals surface area contributed by atoms with Crippen LogP contribution in [0.25, 0.3) is 0 Å². The van der Waals surface area contributed by atoms with Crippen LogP contribution < -0.4 is 5.73 Å². The van der Waals surface area contributed by atoms with Crippen LogP contribution in [0.3, 0.4) is 0 Å². The molecule has 0 saturated carbocycles. The summed E-state index contributed by atoms with van der Waals surface area (Å²) in [5, 5.41) is 0.129. The number of furan rings is 1. The third-order valence-corrected chi connectivity index (χ3v) is 3.13. The second kappa shape index (κ2) is 4.06. The standard InChI is InChI=1S/C9H12N2O2S/c10-5-7-1-3-13-8(7)6-11-2-4-14-9(11)12/h1,3H,2,4-6,10H2. The summed E-state index contributed by atoms with van der Waals surface area (Å²) in [6.07, 6.45) is 1.62. The summed E-state index contributed by atoms with van der Waals surface area (Å²) >= 11 is 1.35. The first-order valence-corrected chi connectivity index (χ1v) is 5.47. The SMILES string of the molecule is NCc1ccoc1CN1CCSC1=O. The summed E-state index contributed by atoms with van der Waals surface area (Å²) in [7, 11) is 0. The van der Waals surface area contributed by atoms with Gasteiger partial charge in [0.15, 0.2) is 0 Å². The molecule has 5 heteroatoms. The van der Waals surface area contributed by atoms with E-state index in [0.717, 1.165) is 23.6 Å². The van der Waals surface area contributed by atoms with Crippen LogP contribution in [0.1, 0.15) is 11.3 Å². The first kappa shape index (κ1) is 9.61. The number of carbonyl (C=O) groups excluding carboxylic acids is 1. The Bertz CT molecular complexity index is 337. The van der Waals surface area contributed by atoms with Gasteiger partial charge in [-0.25, -0.2) is 0 Å². The van der Waals surface area contributed by atoms with E-state index in [4.69, 9.17) is 10.2 Å². The van der Waals surface area contributed by atoms with E-state index < -0.39 is 0 Å². The molecule has 0 aromatic carbocycles. The molecule has 0 spiro atoms. The molecule has 0 bridgehead atoms. The van der Waals surface area contributed by atoms with E-state index in [2.05, 4.69) is 0 Å². The van der Waals surface area contributed by atoms with Gasteiger partial charge in [0.05, 0.1) is 12.8 Å². The number of amides is 1. The highest BCUT2D eigenvalue weighted by atomic mass is 32.2. The number of hydrogen-bond donors (Lipinski definition) is 1. The van der Waals surface area contributed by atoms with Crippen LogP contribution in [0.5, 0.6) is 0 Å². The molecule has 1 saturated heterocycles. The van der Waals surface area contributed by atoms with Gasteiger partial charge in [0.1, 0.15) is 5.76 Å². The molecule has 14 heavy (non-hydrogen) atoms. The second-order valence-electron chi connectivity index (χ2n) is 3.11. The summed E-state index contributed by atoms with van der Waals surface area (Å²) in [6.45, 7) is 1.81. The summed E-state index contributed by atoms with van der Waals surface area (Å²) in [4.78, 5) is 13.1. The zero-order valence-electron chi connectivity index (χ0n) is 7.73. The van der Waals surface area contributed by atoms with Crippen LogP contribution in [-0.4, -0.2) is 22.4 Å². The van der Waals surface area contributed by atoms with Crippen LogP contribution in [-0.2, 0) is 13.1 Å². The van der Waals surface area contributed by atoms with Gasteiger partial charge >= 0.3 is 0 Å². The lowest BCUT2D eigenvalue weighted by atomic mass is 10.2. The third kappa shape index (κ3) is 1.78. The highest BCUT2D eigenvalue weighted by molar-refractivity contribution is 8.13. The average Bonchev–Trinajstić information content (AvgIpc) is 2.77. The van der Waals surface area contributed by atoms with Gasteiger partial charge in [-0.15, -0.1) is 0 Å². The third-order valence-electron chi connectivity index (χ3n) is 2.24. The lowest BCUT2D eigenvalue weighted by Gasteiger charge is -2.13. The Balaban J connectivity index is 2.06. The van der Waals surface area contributed by atoms with E-state index in [1.54, 1.807) is 11.2 Å². The van der Waals surface area contributed by atoms with Crippen molar-refractivity contribution in [1.29, 1.82) is 0 Å². The Labute approximate surface area is 86.4 Å². The van der Waals surface area contributed by atoms with E-state index in [-0.39, 0.29) is 5.24 Å². The fourth-order valence-corrected chi connectivity index (χ4v) is 2.25. The van der Waals surface area contributed by atoms with Crippen LogP contribution >= 0.6 is 11.8 Å². The molecule has 0 atom stereocenters. The Morgan fingerprint density at radius 2 is 2.50 bits per heavy atom. The van der Waals surface area contributed by atoms with Gasteiger partial charge < -0.3 is 15.1 Å². The first-order valence-electron chi connectivity index (χ1n) is 4.48. The van der Waals surface area contributed by atoms with Crippen LogP contribution in [0.15, 0.2) is 16.7 Å². The molecule has 1 amide bonds. The van der Waals surface area contributed by atoms with E-state index >= 15 is 0 Å². The van der Waals surface area contributed by atoms with Gasteiger partial charge in [0, 0.05) is 24.4 Å². The summed E-state index contributed by atoms with van der Waals surface area (Å²) in [6, 6.07) is 1.85. The van der Waals surface area contributed by atoms with Crippen molar-refractivity contribution < 1.29 is 9.21 Å². The van der Waals surface area contributed by atoms with Crippen molar-refractivity contribution in [2.75, 3.05) is 12.3 Å². The average molecular weight is 212 g/mol. The predicted molar refractivity (Wildman–Crippen MR) is 54.9 cm³/mol. The fraction of sp³-hybridized carbons (Fsp3) is 0.444. The maximum atomic E-state index is 11.3. The number of nitrogens with two attached hydrogens (primary N) is 1. The van der Waals surface area contributed by atoms with Crippen molar-refractivity contribution in [3.05, 3.63) is 23.7 Å². The molecule has 1 aliphatic heterocycles. The zero-order chi connectivity index (χ0) is 9.97. The number of carbonyl (C=O) groups is 1. The van der Waals surface area contributed by atoms with Crippen LogP contribution in [0, 0.1) is 0 Å². The molecule has 0 aliphatic carbocycles. The predicted octanol–water partition coefficient (Wildman–Crippen LogP) is 1.41. The molecule has 1 fully saturated rings. The van der Waals surface area contributed by atoms with Crippen molar-refractivity contribution in [2.24, 2.45) is 5.73 Å². The number of rotatable bonds is 3. The van der Waals surface area contributed by atoms with Gasteiger partial charge in [0.25, 0.3) is 5.24 Å². The van der Waals surface area contributed by atoms with E-state index in [0.29, 0.717) is 13.1 Å². The molecule has 1 aromatic rings. The molecule has 1 aliphatic rings. The van der Waals surface area contributed by atoms with Crippen molar-refractivity contribution in [1.82, 2.24) is 4.90 Å². The monoisotopic (exact) mass is 212 g/mol. The highest BCUT2D eigenvalue weighted by Crippen LogP contribution is 2.21. The minimum atomic E-state index is 0.129. The van der Waals surface area contributed by atoms with Crippen molar-refractivity contribution in [3.63, 3.8) is 0 Å². The molecule has 2 N–H and O–H groups in total. The van der Waals surface area contributed by atoms with Crippen molar-refractivity contribution >= 4 is 17.0 Å². The van der Waals surface area contributed by atoms with E-state index in [9.17, 15) is 4.79 Å². The zero-order valence-corrected chi connectivity index (χ0v) is 8.55. The molecular weight excluding hydrogens is 200 g/mol. The molecule has 1 aromatic heterocycles. The topological polar surface area (TPSA) is 59.5 Å². The molecule has 2 heterocycles. The Kier molecular flexibility index (Phi) is 2.79. The normalized spacial score (nSPS) is 16.6. The van der Waals surface area contributed by atoms with Gasteiger partial charge in [0.2, 0.25) is 0 Å². The number of hydrogen-bond acceptors (Lipinski definition) is 4. The summed E-state index contributed by atoms with van der Waals surface area (Å²) in [5.41, 5.74) is 6.52. The van der Waals surface area contributed by atoms with Crippen molar-refractivity contribution in [3.8, 4) is 0 Å². The quantitative estimate of drug-likeness (QED) is 0.823. The molecule has 0 unspecified atom stereocenters. The molecule has 4 nitrogen and oxygen atoms in total. The van der Waals surface area contributed by atoms with Gasteiger partial charge in [-0.1, -0.05) is 11.8 Å². The number of thioether (sulfide) groups is 1. The minimum Gasteiger partial charge on any atom is -0.467 e. The molecule has 76 valence electrons. The van der Waals surface area contributed by atoms with E-state index in [1.165, 1.54) is 11.8 Å². The second-order valence-corrected chi connectivity index (χ2v) is 4.16. The van der Waals surface area contributed by atoms with Crippen LogP contribution in [0.2, 0.25) is 0 Å². The Morgan fingerprint density at radius 3 is 3.14 bits per heavy atom. The Hall–Kier alpha value is -0.940. The van der Waals surface area contributed by atoms with Crippen molar-refractivity contribution in [2.45, 2.75) is 13.1 Å². The lowest BCUT2D eigenvalue weighted by Crippen LogP contribution is -2.22. The van der Waals surface area contributed by atoms with Gasteiger partial charge in [-0.05, 0) is 6.07 Å². The van der Waals surface area contributed by atoms with Gasteiger partial charge in [-0.3, -0.25) is 4.79 Å². The number of nitrogens with zero attached hydrogens (tertiary/aromatic N) is 1. The minimum absolute atomic E-state index is 0.129. The molecular formula is C9H12N2O2S. The molecule has 2 rings (SSSR count). The summed E-state index contributed by atoms with van der Waals surface area (Å²) < 4.78 is 5.28. The largest absolute Gasteiger partial charge is 0.467 e. The highest BCUT2D eigenvalue weighted by Gasteiger charge is 2.22. The smallest absolute Gasteiger partial charge is 0.282 e. The first-order chi connectivity index (χ1) is 6.81. The van der Waals surface area contributed by atoms with Crippen LogP contribution in [0.4, 0.5) is 4.79 Å².